The maximum Gasteiger partial charge on any atom is 0.490 e. The number of hydrogen-bond acceptors (Lipinski definition) is 4. The topological polar surface area (TPSA) is 78.9 Å². The Bertz CT molecular complexity index is 654. The highest BCUT2D eigenvalue weighted by atomic mass is 19.4. The smallest absolute Gasteiger partial charge is 0.475 e. The van der Waals surface area contributed by atoms with Crippen molar-refractivity contribution < 1.29 is 32.6 Å². The van der Waals surface area contributed by atoms with Crippen molar-refractivity contribution in [2.24, 2.45) is 5.41 Å². The Hall–Kier alpha value is -2.13. The second kappa shape index (κ2) is 8.71. The van der Waals surface area contributed by atoms with Crippen molar-refractivity contribution in [1.29, 1.82) is 0 Å². The number of rotatable bonds is 4. The number of carboxylic acids is 1. The molecule has 2 aliphatic heterocycles. The Morgan fingerprint density at radius 1 is 1.37 bits per heavy atom. The van der Waals surface area contributed by atoms with Gasteiger partial charge in [0.1, 0.15) is 0 Å². The summed E-state index contributed by atoms with van der Waals surface area (Å²) in [5, 5.41) is 10.6. The SMILES string of the molecule is COCCN1CC[C@]2(CNC[C@H]2c2ccccc2)C1=O.O=C(O)C(F)(F)F. The molecule has 0 radical (unpaired) electrons. The van der Waals surface area contributed by atoms with E-state index in [4.69, 9.17) is 14.6 Å². The third-order valence-electron chi connectivity index (χ3n) is 5.01. The lowest BCUT2D eigenvalue weighted by Crippen LogP contribution is -2.40. The summed E-state index contributed by atoms with van der Waals surface area (Å²) in [6.07, 6.45) is -4.14. The average Bonchev–Trinajstić information content (AvgIpc) is 3.19. The molecule has 1 spiro atoms. The molecule has 1 amide bonds. The van der Waals surface area contributed by atoms with Crippen LogP contribution in [-0.2, 0) is 14.3 Å². The van der Waals surface area contributed by atoms with Gasteiger partial charge < -0.3 is 20.1 Å². The number of alkyl halides is 3. The molecule has 0 bridgehead atoms. The van der Waals surface area contributed by atoms with Crippen LogP contribution < -0.4 is 5.32 Å². The van der Waals surface area contributed by atoms with E-state index in [0.29, 0.717) is 25.0 Å². The van der Waals surface area contributed by atoms with Crippen LogP contribution in [0.15, 0.2) is 30.3 Å². The first-order valence-corrected chi connectivity index (χ1v) is 8.56. The van der Waals surface area contributed by atoms with Crippen molar-refractivity contribution in [3.8, 4) is 0 Å². The summed E-state index contributed by atoms with van der Waals surface area (Å²) >= 11 is 0. The number of nitrogens with zero attached hydrogens (tertiary/aromatic N) is 1. The molecule has 6 nitrogen and oxygen atoms in total. The van der Waals surface area contributed by atoms with E-state index in [2.05, 4.69) is 29.6 Å². The van der Waals surface area contributed by atoms with E-state index in [1.54, 1.807) is 7.11 Å². The molecule has 0 unspecified atom stereocenters. The molecule has 0 aliphatic carbocycles. The fraction of sp³-hybridized carbons (Fsp3) is 0.556. The molecule has 2 fully saturated rings. The minimum atomic E-state index is -5.08. The summed E-state index contributed by atoms with van der Waals surface area (Å²) < 4.78 is 36.8. The molecule has 2 aliphatic rings. The molecule has 2 atom stereocenters. The van der Waals surface area contributed by atoms with Crippen LogP contribution >= 0.6 is 0 Å². The molecule has 1 aromatic rings. The molecule has 1 aromatic carbocycles. The lowest BCUT2D eigenvalue weighted by Gasteiger charge is -2.29. The molecular weight excluding hydrogens is 365 g/mol. The monoisotopic (exact) mass is 388 g/mol. The Kier molecular flexibility index (Phi) is 6.83. The second-order valence-electron chi connectivity index (χ2n) is 6.59. The molecule has 2 heterocycles. The van der Waals surface area contributed by atoms with Crippen molar-refractivity contribution in [1.82, 2.24) is 10.2 Å². The number of methoxy groups -OCH3 is 1. The van der Waals surface area contributed by atoms with Gasteiger partial charge >= 0.3 is 12.1 Å². The first-order valence-electron chi connectivity index (χ1n) is 8.56. The summed E-state index contributed by atoms with van der Waals surface area (Å²) in [4.78, 5) is 23.7. The number of carboxylic acid groups (broad SMARTS) is 1. The van der Waals surface area contributed by atoms with E-state index in [0.717, 1.165) is 26.1 Å². The van der Waals surface area contributed by atoms with Crippen LogP contribution in [0.2, 0.25) is 0 Å². The Balaban J connectivity index is 0.000000321. The van der Waals surface area contributed by atoms with Crippen molar-refractivity contribution in [2.45, 2.75) is 18.5 Å². The third kappa shape index (κ3) is 4.78. The number of carbonyl (C=O) groups is 2. The molecule has 0 saturated carbocycles. The fourth-order valence-corrected chi connectivity index (χ4v) is 3.64. The predicted octanol–water partition coefficient (Wildman–Crippen LogP) is 1.87. The number of aliphatic carboxylic acids is 1. The zero-order valence-electron chi connectivity index (χ0n) is 15.0. The fourth-order valence-electron chi connectivity index (χ4n) is 3.64. The Morgan fingerprint density at radius 3 is 2.56 bits per heavy atom. The van der Waals surface area contributed by atoms with Gasteiger partial charge in [0, 0.05) is 39.2 Å². The number of amides is 1. The summed E-state index contributed by atoms with van der Waals surface area (Å²) in [5.41, 5.74) is 1.04. The second-order valence-corrected chi connectivity index (χ2v) is 6.59. The standard InChI is InChI=1S/C16H22N2O2.C2HF3O2/c1-20-10-9-18-8-7-16(15(18)19)12-17-11-14(16)13-5-3-2-4-6-13;3-2(4,5)1(6)7/h2-6,14,17H,7-12H2,1H3;(H,6,7)/t14-,16+;/m0./s1. The number of halogens is 3. The maximum atomic E-state index is 12.8. The zero-order chi connectivity index (χ0) is 20.1. The van der Waals surface area contributed by atoms with E-state index in [1.807, 2.05) is 11.0 Å². The number of nitrogens with one attached hydrogen (secondary N) is 1. The lowest BCUT2D eigenvalue weighted by atomic mass is 9.73. The lowest BCUT2D eigenvalue weighted by molar-refractivity contribution is -0.192. The van der Waals surface area contributed by atoms with Gasteiger partial charge in [-0.25, -0.2) is 4.79 Å². The van der Waals surface area contributed by atoms with E-state index in [-0.39, 0.29) is 5.41 Å². The number of likely N-dealkylation sites (tertiary alicyclic amines) is 1. The number of ether oxygens (including phenoxy) is 1. The van der Waals surface area contributed by atoms with Gasteiger partial charge in [-0.05, 0) is 12.0 Å². The number of benzene rings is 1. The molecule has 3 rings (SSSR count). The largest absolute Gasteiger partial charge is 0.490 e. The van der Waals surface area contributed by atoms with E-state index in [9.17, 15) is 18.0 Å². The molecule has 2 N–H and O–H groups in total. The van der Waals surface area contributed by atoms with Crippen LogP contribution in [0.1, 0.15) is 17.9 Å². The van der Waals surface area contributed by atoms with Gasteiger partial charge in [0.15, 0.2) is 0 Å². The minimum Gasteiger partial charge on any atom is -0.475 e. The molecule has 0 aromatic heterocycles. The highest BCUT2D eigenvalue weighted by Crippen LogP contribution is 2.46. The van der Waals surface area contributed by atoms with Gasteiger partial charge in [0.25, 0.3) is 0 Å². The van der Waals surface area contributed by atoms with Crippen molar-refractivity contribution in [3.05, 3.63) is 35.9 Å². The van der Waals surface area contributed by atoms with Gasteiger partial charge in [0.05, 0.1) is 12.0 Å². The first-order chi connectivity index (χ1) is 12.7. The van der Waals surface area contributed by atoms with Crippen molar-refractivity contribution >= 4 is 11.9 Å². The maximum absolute atomic E-state index is 12.8. The van der Waals surface area contributed by atoms with Crippen LogP contribution in [0.25, 0.3) is 0 Å². The van der Waals surface area contributed by atoms with Crippen LogP contribution in [-0.4, -0.2) is 68.0 Å². The average molecular weight is 388 g/mol. The number of carbonyl (C=O) groups excluding carboxylic acids is 1. The molecule has 9 heteroatoms. The molecule has 2 saturated heterocycles. The first kappa shape index (κ1) is 21.2. The van der Waals surface area contributed by atoms with Crippen molar-refractivity contribution in [2.75, 3.05) is 39.9 Å². The molecule has 150 valence electrons. The summed E-state index contributed by atoms with van der Waals surface area (Å²) in [6, 6.07) is 10.4. The number of hydrogen-bond donors (Lipinski definition) is 2. The molecule has 27 heavy (non-hydrogen) atoms. The summed E-state index contributed by atoms with van der Waals surface area (Å²) in [7, 11) is 1.68. The minimum absolute atomic E-state index is 0.241. The Labute approximate surface area is 155 Å². The van der Waals surface area contributed by atoms with Crippen LogP contribution in [0.3, 0.4) is 0 Å². The van der Waals surface area contributed by atoms with E-state index in [1.165, 1.54) is 5.56 Å². The van der Waals surface area contributed by atoms with Crippen LogP contribution in [0.5, 0.6) is 0 Å². The summed E-state index contributed by atoms with van der Waals surface area (Å²) in [6.45, 7) is 3.87. The third-order valence-corrected chi connectivity index (χ3v) is 5.01. The van der Waals surface area contributed by atoms with Gasteiger partial charge in [0.2, 0.25) is 5.91 Å². The van der Waals surface area contributed by atoms with Gasteiger partial charge in [-0.2, -0.15) is 13.2 Å². The van der Waals surface area contributed by atoms with Gasteiger partial charge in [-0.3, -0.25) is 4.79 Å². The van der Waals surface area contributed by atoms with Crippen LogP contribution in [0.4, 0.5) is 13.2 Å². The van der Waals surface area contributed by atoms with E-state index >= 15 is 0 Å². The van der Waals surface area contributed by atoms with Crippen molar-refractivity contribution in [3.63, 3.8) is 0 Å². The predicted molar refractivity (Wildman–Crippen MR) is 91.2 cm³/mol. The van der Waals surface area contributed by atoms with Crippen LogP contribution in [0, 0.1) is 5.41 Å². The normalized spacial score (nSPS) is 24.8. The Morgan fingerprint density at radius 2 is 2.00 bits per heavy atom. The van der Waals surface area contributed by atoms with E-state index < -0.39 is 12.1 Å². The quantitative estimate of drug-likeness (QED) is 0.823. The molecular formula is C18H23F3N2O4. The van der Waals surface area contributed by atoms with Gasteiger partial charge in [-0.15, -0.1) is 0 Å². The summed E-state index contributed by atoms with van der Waals surface area (Å²) in [5.74, 6) is -2.16. The zero-order valence-corrected chi connectivity index (χ0v) is 15.0. The highest BCUT2D eigenvalue weighted by molar-refractivity contribution is 5.87. The van der Waals surface area contributed by atoms with Gasteiger partial charge in [-0.1, -0.05) is 30.3 Å². The highest BCUT2D eigenvalue weighted by Gasteiger charge is 2.54.